The topological polar surface area (TPSA) is 102 Å². The van der Waals surface area contributed by atoms with E-state index in [1.165, 1.54) is 6.92 Å². The van der Waals surface area contributed by atoms with Crippen molar-refractivity contribution in [2.75, 3.05) is 5.32 Å². The van der Waals surface area contributed by atoms with E-state index < -0.39 is 18.0 Å². The van der Waals surface area contributed by atoms with Crippen LogP contribution in [0.1, 0.15) is 12.5 Å². The summed E-state index contributed by atoms with van der Waals surface area (Å²) in [4.78, 5) is 21.8. The molecule has 6 heteroatoms. The molecule has 0 aliphatic rings. The number of rotatable bonds is 3. The lowest BCUT2D eigenvalue weighted by atomic mass is 10.2. The zero-order valence-corrected chi connectivity index (χ0v) is 9.10. The average molecular weight is 233 g/mol. The Hall–Kier alpha value is -2.55. The van der Waals surface area contributed by atoms with Crippen LogP contribution in [-0.4, -0.2) is 23.1 Å². The van der Waals surface area contributed by atoms with E-state index in [2.05, 4.69) is 10.6 Å². The molecule has 0 aromatic heterocycles. The first-order valence-corrected chi connectivity index (χ1v) is 4.83. The Kier molecular flexibility index (Phi) is 4.06. The molecule has 88 valence electrons. The Morgan fingerprint density at radius 3 is 2.41 bits per heavy atom. The Morgan fingerprint density at radius 2 is 1.94 bits per heavy atom. The maximum atomic E-state index is 11.3. The highest BCUT2D eigenvalue weighted by molar-refractivity contribution is 5.92. The van der Waals surface area contributed by atoms with Crippen LogP contribution in [0.3, 0.4) is 0 Å². The summed E-state index contributed by atoms with van der Waals surface area (Å²) in [7, 11) is 0. The lowest BCUT2D eigenvalue weighted by Gasteiger charge is -2.10. The molecule has 0 spiro atoms. The number of urea groups is 1. The van der Waals surface area contributed by atoms with E-state index in [1.807, 2.05) is 6.07 Å². The number of nitriles is 1. The Bertz CT molecular complexity index is 462. The molecule has 0 saturated heterocycles. The minimum absolute atomic E-state index is 0.481. The van der Waals surface area contributed by atoms with Crippen molar-refractivity contribution in [2.45, 2.75) is 13.0 Å². The third kappa shape index (κ3) is 3.83. The minimum Gasteiger partial charge on any atom is -0.480 e. The summed E-state index contributed by atoms with van der Waals surface area (Å²) in [5, 5.41) is 21.9. The van der Waals surface area contributed by atoms with Crippen molar-refractivity contribution in [3.8, 4) is 6.07 Å². The maximum absolute atomic E-state index is 11.3. The summed E-state index contributed by atoms with van der Waals surface area (Å²) < 4.78 is 0. The number of carboxylic acids is 1. The number of amides is 2. The van der Waals surface area contributed by atoms with Crippen molar-refractivity contribution in [1.29, 1.82) is 5.26 Å². The van der Waals surface area contributed by atoms with Gasteiger partial charge >= 0.3 is 12.0 Å². The molecular formula is C11H11N3O3. The van der Waals surface area contributed by atoms with Crippen LogP contribution >= 0.6 is 0 Å². The van der Waals surface area contributed by atoms with Crippen molar-refractivity contribution in [3.63, 3.8) is 0 Å². The predicted octanol–water partition coefficient (Wildman–Crippen LogP) is 1.15. The number of aliphatic carboxylic acids is 1. The molecule has 1 rings (SSSR count). The SMILES string of the molecule is C[C@H](NC(=O)Nc1ccc(C#N)cc1)C(=O)O. The van der Waals surface area contributed by atoms with Gasteiger partial charge in [0, 0.05) is 5.69 Å². The van der Waals surface area contributed by atoms with Crippen LogP contribution < -0.4 is 10.6 Å². The van der Waals surface area contributed by atoms with E-state index in [1.54, 1.807) is 24.3 Å². The number of nitrogens with one attached hydrogen (secondary N) is 2. The highest BCUT2D eigenvalue weighted by Gasteiger charge is 2.13. The van der Waals surface area contributed by atoms with Gasteiger partial charge in [0.15, 0.2) is 0 Å². The van der Waals surface area contributed by atoms with Crippen molar-refractivity contribution in [3.05, 3.63) is 29.8 Å². The van der Waals surface area contributed by atoms with Gasteiger partial charge in [-0.15, -0.1) is 0 Å². The largest absolute Gasteiger partial charge is 0.480 e. The molecule has 1 atom stereocenters. The molecule has 6 nitrogen and oxygen atoms in total. The summed E-state index contributed by atoms with van der Waals surface area (Å²) in [6.45, 7) is 1.36. The molecule has 1 aromatic rings. The van der Waals surface area contributed by atoms with Gasteiger partial charge < -0.3 is 15.7 Å². The minimum atomic E-state index is -1.11. The molecule has 3 N–H and O–H groups in total. The molecule has 1 aromatic carbocycles. The lowest BCUT2D eigenvalue weighted by molar-refractivity contribution is -0.138. The fourth-order valence-electron chi connectivity index (χ4n) is 1.05. The van der Waals surface area contributed by atoms with E-state index in [-0.39, 0.29) is 0 Å². The zero-order valence-electron chi connectivity index (χ0n) is 9.10. The smallest absolute Gasteiger partial charge is 0.325 e. The first kappa shape index (κ1) is 12.5. The number of carbonyl (C=O) groups is 2. The summed E-state index contributed by atoms with van der Waals surface area (Å²) in [5.41, 5.74) is 0.967. The molecule has 0 aliphatic heterocycles. The van der Waals surface area contributed by atoms with Crippen LogP contribution in [0.25, 0.3) is 0 Å². The molecule has 2 amide bonds. The monoisotopic (exact) mass is 233 g/mol. The second-order valence-electron chi connectivity index (χ2n) is 3.35. The number of anilines is 1. The summed E-state index contributed by atoms with van der Waals surface area (Å²) in [5.74, 6) is -1.11. The van der Waals surface area contributed by atoms with E-state index >= 15 is 0 Å². The Labute approximate surface area is 97.9 Å². The fraction of sp³-hybridized carbons (Fsp3) is 0.182. The van der Waals surface area contributed by atoms with E-state index in [0.29, 0.717) is 11.3 Å². The standard InChI is InChI=1S/C11H11N3O3/c1-7(10(15)16)13-11(17)14-9-4-2-8(6-12)3-5-9/h2-5,7H,1H3,(H,15,16)(H2,13,14,17)/t7-/m0/s1. The quantitative estimate of drug-likeness (QED) is 0.728. The molecule has 0 unspecified atom stereocenters. The van der Waals surface area contributed by atoms with Gasteiger partial charge in [0.25, 0.3) is 0 Å². The van der Waals surface area contributed by atoms with E-state index in [0.717, 1.165) is 0 Å². The van der Waals surface area contributed by atoms with Gasteiger partial charge in [0.1, 0.15) is 6.04 Å². The molecule has 0 heterocycles. The normalized spacial score (nSPS) is 11.1. The number of benzene rings is 1. The van der Waals surface area contributed by atoms with Crippen LogP contribution in [0, 0.1) is 11.3 Å². The van der Waals surface area contributed by atoms with Gasteiger partial charge in [-0.2, -0.15) is 5.26 Å². The van der Waals surface area contributed by atoms with Gasteiger partial charge in [0.2, 0.25) is 0 Å². The third-order valence-corrected chi connectivity index (χ3v) is 1.99. The predicted molar refractivity (Wildman–Crippen MR) is 60.4 cm³/mol. The molecule has 0 radical (unpaired) electrons. The number of hydrogen-bond acceptors (Lipinski definition) is 3. The van der Waals surface area contributed by atoms with E-state index in [9.17, 15) is 9.59 Å². The molecule has 17 heavy (non-hydrogen) atoms. The van der Waals surface area contributed by atoms with Crippen molar-refractivity contribution in [2.24, 2.45) is 0 Å². The van der Waals surface area contributed by atoms with Gasteiger partial charge in [0.05, 0.1) is 11.6 Å². The number of carbonyl (C=O) groups excluding carboxylic acids is 1. The van der Waals surface area contributed by atoms with Gasteiger partial charge in [-0.1, -0.05) is 0 Å². The second-order valence-corrected chi connectivity index (χ2v) is 3.35. The van der Waals surface area contributed by atoms with Crippen molar-refractivity contribution in [1.82, 2.24) is 5.32 Å². The first-order chi connectivity index (χ1) is 8.02. The maximum Gasteiger partial charge on any atom is 0.325 e. The fourth-order valence-corrected chi connectivity index (χ4v) is 1.05. The van der Waals surface area contributed by atoms with Crippen LogP contribution in [0.2, 0.25) is 0 Å². The first-order valence-electron chi connectivity index (χ1n) is 4.83. The summed E-state index contributed by atoms with van der Waals surface area (Å²) in [6.07, 6.45) is 0. The van der Waals surface area contributed by atoms with Gasteiger partial charge in [-0.25, -0.2) is 4.79 Å². The number of carboxylic acid groups (broad SMARTS) is 1. The van der Waals surface area contributed by atoms with Crippen LogP contribution in [-0.2, 0) is 4.79 Å². The zero-order chi connectivity index (χ0) is 12.8. The molecular weight excluding hydrogens is 222 g/mol. The third-order valence-electron chi connectivity index (χ3n) is 1.99. The van der Waals surface area contributed by atoms with Crippen LogP contribution in [0.5, 0.6) is 0 Å². The summed E-state index contributed by atoms with van der Waals surface area (Å²) in [6, 6.07) is 6.60. The molecule has 0 aliphatic carbocycles. The Balaban J connectivity index is 2.56. The average Bonchev–Trinajstić information content (AvgIpc) is 2.29. The summed E-state index contributed by atoms with van der Waals surface area (Å²) >= 11 is 0. The van der Waals surface area contributed by atoms with Crippen LogP contribution in [0.4, 0.5) is 10.5 Å². The highest BCUT2D eigenvalue weighted by Crippen LogP contribution is 2.08. The van der Waals surface area contributed by atoms with Crippen molar-refractivity contribution >= 4 is 17.7 Å². The molecule has 0 bridgehead atoms. The van der Waals surface area contributed by atoms with Crippen LogP contribution in [0.15, 0.2) is 24.3 Å². The van der Waals surface area contributed by atoms with Gasteiger partial charge in [-0.3, -0.25) is 4.79 Å². The van der Waals surface area contributed by atoms with Gasteiger partial charge in [-0.05, 0) is 31.2 Å². The number of nitrogens with zero attached hydrogens (tertiary/aromatic N) is 1. The molecule has 0 fully saturated rings. The molecule has 0 saturated carbocycles. The number of hydrogen-bond donors (Lipinski definition) is 3. The lowest BCUT2D eigenvalue weighted by Crippen LogP contribution is -2.40. The second kappa shape index (κ2) is 5.51. The Morgan fingerprint density at radius 1 is 1.35 bits per heavy atom. The van der Waals surface area contributed by atoms with Crippen molar-refractivity contribution < 1.29 is 14.7 Å². The highest BCUT2D eigenvalue weighted by atomic mass is 16.4. The van der Waals surface area contributed by atoms with E-state index in [4.69, 9.17) is 10.4 Å².